The van der Waals surface area contributed by atoms with E-state index in [9.17, 15) is 8.42 Å². The second kappa shape index (κ2) is 8.45. The van der Waals surface area contributed by atoms with Gasteiger partial charge in [-0.3, -0.25) is 0 Å². The Morgan fingerprint density at radius 1 is 1.19 bits per heavy atom. The van der Waals surface area contributed by atoms with Crippen molar-refractivity contribution in [3.8, 4) is 0 Å². The van der Waals surface area contributed by atoms with Crippen LogP contribution in [0.4, 0.5) is 0 Å². The normalized spacial score (nSPS) is 17.6. The van der Waals surface area contributed by atoms with Gasteiger partial charge < -0.3 is 9.33 Å². The smallest absolute Gasteiger partial charge is 0.283 e. The van der Waals surface area contributed by atoms with Crippen molar-refractivity contribution in [2.24, 2.45) is 10.3 Å². The fourth-order valence-corrected chi connectivity index (χ4v) is 4.62. The van der Waals surface area contributed by atoms with Crippen LogP contribution < -0.4 is 0 Å². The van der Waals surface area contributed by atoms with Gasteiger partial charge in [-0.15, -0.1) is 4.40 Å². The van der Waals surface area contributed by atoms with E-state index in [0.29, 0.717) is 5.92 Å². The summed E-state index contributed by atoms with van der Waals surface area (Å²) in [7, 11) is -5.33. The van der Waals surface area contributed by atoms with Crippen LogP contribution in [0, 0.1) is 12.8 Å². The van der Waals surface area contributed by atoms with Gasteiger partial charge in [0.25, 0.3) is 10.0 Å². The second-order valence-corrected chi connectivity index (χ2v) is 15.5. The van der Waals surface area contributed by atoms with Crippen molar-refractivity contribution in [1.29, 1.82) is 0 Å². The summed E-state index contributed by atoms with van der Waals surface area (Å²) in [5.41, 5.74) is 1.03. The molecule has 1 aliphatic rings. The number of likely N-dealkylation sites (tertiary alicyclic amines) is 1. The fraction of sp³-hybridized carbons (Fsp3) is 0.650. The molecular weight excluding hydrogens is 376 g/mol. The fourth-order valence-electron chi connectivity index (χ4n) is 2.68. The molecule has 0 unspecified atom stereocenters. The van der Waals surface area contributed by atoms with Gasteiger partial charge in [0.05, 0.1) is 4.90 Å². The summed E-state index contributed by atoms with van der Waals surface area (Å²) >= 11 is 0. The number of piperidine rings is 1. The molecule has 152 valence electrons. The second-order valence-electron chi connectivity index (χ2n) is 9.06. The molecule has 0 amide bonds. The Morgan fingerprint density at radius 2 is 1.74 bits per heavy atom. The number of nitrogens with zero attached hydrogens (tertiary/aromatic N) is 2. The molecule has 0 radical (unpaired) electrons. The van der Waals surface area contributed by atoms with Gasteiger partial charge in [-0.05, 0) is 55.9 Å². The summed E-state index contributed by atoms with van der Waals surface area (Å²) in [6, 6.07) is 6.78. The largest absolute Gasteiger partial charge is 0.417 e. The van der Waals surface area contributed by atoms with Crippen LogP contribution in [-0.2, 0) is 14.4 Å². The van der Waals surface area contributed by atoms with Crippen molar-refractivity contribution >= 4 is 24.7 Å². The van der Waals surface area contributed by atoms with Gasteiger partial charge >= 0.3 is 0 Å². The van der Waals surface area contributed by atoms with E-state index in [-0.39, 0.29) is 9.93 Å². The standard InChI is InChI=1S/C20H34N2O3SSi/c1-17-7-9-19(10-8-17)26(23,24)21-16-22-13-11-18(12-14-22)15-25-27(5,6)20(2,3)4/h7-10,16,18H,11-15H2,1-6H3. The van der Waals surface area contributed by atoms with Crippen LogP contribution in [-0.4, -0.2) is 47.7 Å². The molecule has 0 atom stereocenters. The predicted molar refractivity (Wildman–Crippen MR) is 114 cm³/mol. The van der Waals surface area contributed by atoms with Gasteiger partial charge in [0.1, 0.15) is 6.34 Å². The third-order valence-electron chi connectivity index (χ3n) is 5.80. The summed E-state index contributed by atoms with van der Waals surface area (Å²) < 4.78 is 34.8. The minimum atomic E-state index is -3.63. The minimum Gasteiger partial charge on any atom is -0.417 e. The summed E-state index contributed by atoms with van der Waals surface area (Å²) in [6.45, 7) is 15.7. The zero-order valence-electron chi connectivity index (χ0n) is 17.5. The van der Waals surface area contributed by atoms with Crippen LogP contribution in [0.3, 0.4) is 0 Å². The monoisotopic (exact) mass is 410 g/mol. The maximum atomic E-state index is 12.3. The number of rotatable bonds is 6. The Kier molecular flexibility index (Phi) is 6.92. The molecule has 1 fully saturated rings. The lowest BCUT2D eigenvalue weighted by Crippen LogP contribution is -2.43. The topological polar surface area (TPSA) is 59.0 Å². The summed E-state index contributed by atoms with van der Waals surface area (Å²) in [4.78, 5) is 2.23. The van der Waals surface area contributed by atoms with Crippen molar-refractivity contribution in [2.45, 2.75) is 63.6 Å². The average molecular weight is 411 g/mol. The Bertz CT molecular complexity index is 744. The van der Waals surface area contributed by atoms with E-state index < -0.39 is 18.3 Å². The first-order chi connectivity index (χ1) is 12.4. The molecule has 0 aromatic heterocycles. The highest BCUT2D eigenvalue weighted by Gasteiger charge is 2.37. The molecule has 0 N–H and O–H groups in total. The van der Waals surface area contributed by atoms with E-state index in [1.54, 1.807) is 24.3 Å². The predicted octanol–water partition coefficient (Wildman–Crippen LogP) is 4.45. The SMILES string of the molecule is Cc1ccc(S(=O)(=O)N=CN2CCC(CO[Si](C)(C)C(C)(C)C)CC2)cc1. The summed E-state index contributed by atoms with van der Waals surface area (Å²) in [5, 5.41) is 0.227. The number of sulfonamides is 1. The molecule has 0 aliphatic carbocycles. The van der Waals surface area contributed by atoms with Gasteiger partial charge in [-0.2, -0.15) is 8.42 Å². The van der Waals surface area contributed by atoms with E-state index in [1.165, 1.54) is 6.34 Å². The molecule has 7 heteroatoms. The molecule has 2 rings (SSSR count). The Hall–Kier alpha value is -1.18. The lowest BCUT2D eigenvalue weighted by atomic mass is 9.98. The first kappa shape index (κ1) is 22.1. The Morgan fingerprint density at radius 3 is 2.26 bits per heavy atom. The quantitative estimate of drug-likeness (QED) is 0.395. The number of benzene rings is 1. The van der Waals surface area contributed by atoms with Crippen LogP contribution in [0.25, 0.3) is 0 Å². The van der Waals surface area contributed by atoms with E-state index >= 15 is 0 Å². The van der Waals surface area contributed by atoms with E-state index in [1.807, 2.05) is 11.8 Å². The Labute approximate surface area is 166 Å². The maximum Gasteiger partial charge on any atom is 0.283 e. The maximum absolute atomic E-state index is 12.3. The van der Waals surface area contributed by atoms with Crippen LogP contribution in [0.5, 0.6) is 0 Å². The first-order valence-corrected chi connectivity index (χ1v) is 14.0. The average Bonchev–Trinajstić information content (AvgIpc) is 2.58. The highest BCUT2D eigenvalue weighted by atomic mass is 32.2. The number of aryl methyl sites for hydroxylation is 1. The van der Waals surface area contributed by atoms with Gasteiger partial charge in [0, 0.05) is 19.7 Å². The van der Waals surface area contributed by atoms with Crippen LogP contribution in [0.1, 0.15) is 39.2 Å². The lowest BCUT2D eigenvalue weighted by Gasteiger charge is -2.38. The molecule has 0 bridgehead atoms. The van der Waals surface area contributed by atoms with Gasteiger partial charge in [0.2, 0.25) is 0 Å². The third-order valence-corrected chi connectivity index (χ3v) is 11.5. The van der Waals surface area contributed by atoms with E-state index in [2.05, 4.69) is 38.3 Å². The molecule has 1 saturated heterocycles. The zero-order valence-corrected chi connectivity index (χ0v) is 19.3. The minimum absolute atomic E-state index is 0.227. The van der Waals surface area contributed by atoms with Crippen molar-refractivity contribution in [2.75, 3.05) is 19.7 Å². The summed E-state index contributed by atoms with van der Waals surface area (Å²) in [5.74, 6) is 0.539. The molecule has 27 heavy (non-hydrogen) atoms. The molecule has 0 spiro atoms. The van der Waals surface area contributed by atoms with E-state index in [0.717, 1.165) is 38.1 Å². The molecule has 1 aliphatic heterocycles. The van der Waals surface area contributed by atoms with Crippen LogP contribution in [0.2, 0.25) is 18.1 Å². The highest BCUT2D eigenvalue weighted by molar-refractivity contribution is 7.90. The molecule has 1 heterocycles. The van der Waals surface area contributed by atoms with Gasteiger partial charge in [-0.25, -0.2) is 0 Å². The molecule has 1 aromatic carbocycles. The van der Waals surface area contributed by atoms with Crippen molar-refractivity contribution in [3.05, 3.63) is 29.8 Å². The van der Waals surface area contributed by atoms with Crippen molar-refractivity contribution in [1.82, 2.24) is 4.90 Å². The molecular formula is C20H34N2O3SSi. The number of hydrogen-bond donors (Lipinski definition) is 0. The zero-order chi connectivity index (χ0) is 20.3. The van der Waals surface area contributed by atoms with Crippen LogP contribution >= 0.6 is 0 Å². The third kappa shape index (κ3) is 6.15. The van der Waals surface area contributed by atoms with Crippen LogP contribution in [0.15, 0.2) is 33.6 Å². The van der Waals surface area contributed by atoms with Gasteiger partial charge in [-0.1, -0.05) is 38.5 Å². The number of hydrogen-bond acceptors (Lipinski definition) is 3. The first-order valence-electron chi connectivity index (χ1n) is 9.66. The Balaban J connectivity index is 1.85. The molecule has 1 aromatic rings. The summed E-state index contributed by atoms with van der Waals surface area (Å²) in [6.07, 6.45) is 3.50. The lowest BCUT2D eigenvalue weighted by molar-refractivity contribution is 0.172. The molecule has 5 nitrogen and oxygen atoms in total. The van der Waals surface area contributed by atoms with Crippen molar-refractivity contribution < 1.29 is 12.8 Å². The van der Waals surface area contributed by atoms with Crippen molar-refractivity contribution in [3.63, 3.8) is 0 Å². The van der Waals surface area contributed by atoms with Gasteiger partial charge in [0.15, 0.2) is 8.32 Å². The molecule has 0 saturated carbocycles. The highest BCUT2D eigenvalue weighted by Crippen LogP contribution is 2.37. The van der Waals surface area contributed by atoms with E-state index in [4.69, 9.17) is 4.43 Å².